The maximum atomic E-state index is 13.9. The number of aromatic carboxylic acids is 1. The van der Waals surface area contributed by atoms with Gasteiger partial charge in [0.1, 0.15) is 11.6 Å². The minimum atomic E-state index is -1.09. The summed E-state index contributed by atoms with van der Waals surface area (Å²) in [6.07, 6.45) is 8.08. The number of aromatic nitrogens is 4. The number of para-hydroxylation sites is 2. The van der Waals surface area contributed by atoms with Crippen LogP contribution in [0.5, 0.6) is 5.75 Å². The van der Waals surface area contributed by atoms with E-state index in [4.69, 9.17) is 14.8 Å². The van der Waals surface area contributed by atoms with E-state index in [1.54, 1.807) is 0 Å². The monoisotopic (exact) mass is 1060 g/mol. The summed E-state index contributed by atoms with van der Waals surface area (Å²) in [7, 11) is 1.95. The maximum absolute atomic E-state index is 13.9. The molecule has 1 unspecified atom stereocenters. The van der Waals surface area contributed by atoms with Gasteiger partial charge < -0.3 is 19.6 Å². The van der Waals surface area contributed by atoms with Crippen molar-refractivity contribution >= 4 is 72.8 Å². The van der Waals surface area contributed by atoms with Crippen molar-refractivity contribution in [2.24, 2.45) is 13.0 Å². The van der Waals surface area contributed by atoms with Crippen molar-refractivity contribution in [2.45, 2.75) is 122 Å². The van der Waals surface area contributed by atoms with Crippen LogP contribution in [0.15, 0.2) is 84.9 Å². The van der Waals surface area contributed by atoms with Gasteiger partial charge in [0.05, 0.1) is 39.1 Å². The molecule has 3 amide bonds. The van der Waals surface area contributed by atoms with Crippen molar-refractivity contribution < 1.29 is 29.0 Å². The normalized spacial score (nSPS) is 20.3. The lowest BCUT2D eigenvalue weighted by Crippen LogP contribution is -2.52. The van der Waals surface area contributed by atoms with E-state index in [0.29, 0.717) is 66.4 Å². The molecule has 3 fully saturated rings. The van der Waals surface area contributed by atoms with Crippen LogP contribution >= 0.6 is 11.3 Å². The highest BCUT2D eigenvalue weighted by atomic mass is 32.1. The number of anilines is 3. The Kier molecular flexibility index (Phi) is 14.4. The van der Waals surface area contributed by atoms with E-state index < -0.39 is 17.3 Å². The minimum absolute atomic E-state index is 0.00149. The predicted octanol–water partition coefficient (Wildman–Crippen LogP) is 10.8. The van der Waals surface area contributed by atoms with Crippen LogP contribution < -0.4 is 25.2 Å². The number of carbonyl (C=O) groups excluding carboxylic acids is 3. The largest absolute Gasteiger partial charge is 0.490 e. The zero-order chi connectivity index (χ0) is 53.7. The second-order valence-corrected chi connectivity index (χ2v) is 23.8. The smallest absolute Gasteiger partial charge is 0.355 e. The fraction of sp³-hybridized carbons (Fsp3) is 0.426. The first-order valence-electron chi connectivity index (χ1n) is 27.4. The topological polar surface area (TPSA) is 175 Å². The van der Waals surface area contributed by atoms with E-state index in [9.17, 15) is 24.3 Å². The van der Waals surface area contributed by atoms with Crippen molar-refractivity contribution in [1.82, 2.24) is 30.0 Å². The highest BCUT2D eigenvalue weighted by Crippen LogP contribution is 2.43. The lowest BCUT2D eigenvalue weighted by atomic mass is 9.80. The number of piperidine rings is 1. The molecule has 0 radical (unpaired) electrons. The number of ether oxygens (including phenoxy) is 1. The number of carboxylic acid groups (broad SMARTS) is 1. The van der Waals surface area contributed by atoms with Crippen molar-refractivity contribution in [3.8, 4) is 16.9 Å². The number of hydrogen-bond acceptors (Lipinski definition) is 12. The number of rotatable bonds is 13. The Balaban J connectivity index is 0.717. The zero-order valence-electron chi connectivity index (χ0n) is 45.0. The third-order valence-corrected chi connectivity index (χ3v) is 17.5. The number of aryl methyl sites for hydroxylation is 1. The van der Waals surface area contributed by atoms with Crippen LogP contribution in [0.1, 0.15) is 134 Å². The Morgan fingerprint density at radius 2 is 1.70 bits per heavy atom. The molecule has 0 spiro atoms. The first-order valence-corrected chi connectivity index (χ1v) is 28.3. The summed E-state index contributed by atoms with van der Waals surface area (Å²) in [4.78, 5) is 68.7. The van der Waals surface area contributed by atoms with Crippen LogP contribution in [0, 0.1) is 12.8 Å². The van der Waals surface area contributed by atoms with E-state index in [0.717, 1.165) is 124 Å². The SMILES string of the molecule is Cc1c(OC2CCC(CCCN3CCN(c4cccc5c(C6CCC(=O)NC6=O)nn(C)c45)[C@@H](C)C3)CC2)cccc1-c1c(C(C)(C)C)cc(N2CCc3cccc(C(=O)Nc4nc5ccccc5s4)c3C2)nc1C(=O)O. The number of carbonyl (C=O) groups is 4. The summed E-state index contributed by atoms with van der Waals surface area (Å²) in [5.74, 6) is -0.232. The molecule has 6 heterocycles. The van der Waals surface area contributed by atoms with Crippen molar-refractivity contribution in [1.29, 1.82) is 0 Å². The van der Waals surface area contributed by atoms with Crippen LogP contribution in [0.4, 0.5) is 16.6 Å². The lowest BCUT2D eigenvalue weighted by molar-refractivity contribution is -0.134. The Labute approximate surface area is 454 Å². The van der Waals surface area contributed by atoms with Gasteiger partial charge in [0.2, 0.25) is 11.8 Å². The fourth-order valence-electron chi connectivity index (χ4n) is 12.5. The van der Waals surface area contributed by atoms with Crippen LogP contribution in [-0.4, -0.2) is 98.3 Å². The standard InChI is InChI=1S/C61H69N9O6S/c1-36-34-68(31-32-70(36)48-19-10-17-43-54(66-67(6)56(43)48)44-26-27-52(71)64-58(44)73)29-12-13-38-22-24-40(25-23-38)76-49-20-11-15-41(37(49)2)53-46(61(3,4)5)33-51(63-55(53)59(74)75)69-30-28-39-14-9-16-42(45(39)35-69)57(72)65-60-62-47-18-7-8-21-50(47)77-60/h7-11,14-21,33,36,38,40,44H,12-13,22-32,34-35H2,1-6H3,(H,74,75)(H,62,65,72)(H,64,71,73)/t36-,38?,40?,44?/m0/s1. The summed E-state index contributed by atoms with van der Waals surface area (Å²) in [5.41, 5.74) is 9.06. The Hall–Kier alpha value is -7.17. The van der Waals surface area contributed by atoms with Crippen LogP contribution in [0.3, 0.4) is 0 Å². The molecule has 4 aromatic carbocycles. The van der Waals surface area contributed by atoms with Gasteiger partial charge in [-0.2, -0.15) is 5.10 Å². The zero-order valence-corrected chi connectivity index (χ0v) is 45.8. The van der Waals surface area contributed by atoms with Gasteiger partial charge in [0, 0.05) is 68.7 Å². The van der Waals surface area contributed by atoms with Gasteiger partial charge in [-0.3, -0.25) is 34.6 Å². The van der Waals surface area contributed by atoms with E-state index in [-0.39, 0.29) is 29.5 Å². The molecule has 7 aromatic rings. The molecule has 2 saturated heterocycles. The average Bonchev–Trinajstić information content (AvgIpc) is 3.98. The summed E-state index contributed by atoms with van der Waals surface area (Å²) in [6.45, 7) is 15.6. The number of carboxylic acids is 1. The number of nitrogens with zero attached hydrogens (tertiary/aromatic N) is 7. The quantitative estimate of drug-likeness (QED) is 0.0934. The molecule has 400 valence electrons. The first-order chi connectivity index (χ1) is 37.1. The Morgan fingerprint density at radius 1 is 0.909 bits per heavy atom. The highest BCUT2D eigenvalue weighted by Gasteiger charge is 2.35. The van der Waals surface area contributed by atoms with Gasteiger partial charge in [0.15, 0.2) is 10.8 Å². The average molecular weight is 1060 g/mol. The number of imide groups is 1. The van der Waals surface area contributed by atoms with Crippen LogP contribution in [0.2, 0.25) is 0 Å². The van der Waals surface area contributed by atoms with Crippen molar-refractivity contribution in [3.05, 3.63) is 124 Å². The molecule has 1 saturated carbocycles. The number of piperazine rings is 1. The van der Waals surface area contributed by atoms with Gasteiger partial charge in [0.25, 0.3) is 5.91 Å². The molecule has 16 heteroatoms. The van der Waals surface area contributed by atoms with Crippen molar-refractivity contribution in [3.63, 3.8) is 0 Å². The number of pyridine rings is 1. The van der Waals surface area contributed by atoms with E-state index >= 15 is 0 Å². The van der Waals surface area contributed by atoms with Gasteiger partial charge in [-0.05, 0) is 147 Å². The fourth-order valence-corrected chi connectivity index (χ4v) is 13.4. The first kappa shape index (κ1) is 51.9. The third kappa shape index (κ3) is 10.5. The molecular weight excluding hydrogens is 987 g/mol. The van der Waals surface area contributed by atoms with Gasteiger partial charge in [-0.25, -0.2) is 14.8 Å². The number of thiazole rings is 1. The van der Waals surface area contributed by atoms with Crippen LogP contribution in [0.25, 0.3) is 32.2 Å². The molecule has 1 aliphatic carbocycles. The molecular formula is C61H69N9O6S. The minimum Gasteiger partial charge on any atom is -0.490 e. The van der Waals surface area contributed by atoms with Crippen molar-refractivity contribution in [2.75, 3.05) is 47.8 Å². The maximum Gasteiger partial charge on any atom is 0.355 e. The number of fused-ring (bicyclic) bond motifs is 3. The summed E-state index contributed by atoms with van der Waals surface area (Å²) in [6, 6.07) is 28.3. The molecule has 11 rings (SSSR count). The Morgan fingerprint density at radius 3 is 2.47 bits per heavy atom. The van der Waals surface area contributed by atoms with Crippen LogP contribution in [-0.2, 0) is 35.0 Å². The molecule has 4 aliphatic rings. The molecule has 3 aromatic heterocycles. The van der Waals surface area contributed by atoms with Gasteiger partial charge in [-0.1, -0.05) is 80.6 Å². The van der Waals surface area contributed by atoms with E-state index in [1.165, 1.54) is 17.8 Å². The third-order valence-electron chi connectivity index (χ3n) is 16.6. The lowest BCUT2D eigenvalue weighted by Gasteiger charge is -2.41. The second-order valence-electron chi connectivity index (χ2n) is 22.7. The number of benzene rings is 4. The molecule has 3 N–H and O–H groups in total. The number of nitrogens with one attached hydrogen (secondary N) is 2. The second kappa shape index (κ2) is 21.3. The molecule has 77 heavy (non-hydrogen) atoms. The molecule has 2 atom stereocenters. The number of hydrogen-bond donors (Lipinski definition) is 3. The van der Waals surface area contributed by atoms with Gasteiger partial charge in [-0.15, -0.1) is 0 Å². The summed E-state index contributed by atoms with van der Waals surface area (Å²) >= 11 is 1.44. The molecule has 15 nitrogen and oxygen atoms in total. The van der Waals surface area contributed by atoms with E-state index in [1.807, 2.05) is 79.3 Å². The van der Waals surface area contributed by atoms with E-state index in [2.05, 4.69) is 82.3 Å². The molecule has 3 aliphatic heterocycles. The Bertz CT molecular complexity index is 3390. The molecule has 0 bridgehead atoms. The predicted molar refractivity (Wildman–Crippen MR) is 304 cm³/mol. The van der Waals surface area contributed by atoms with Gasteiger partial charge >= 0.3 is 5.97 Å². The highest BCUT2D eigenvalue weighted by molar-refractivity contribution is 7.22. The summed E-state index contributed by atoms with van der Waals surface area (Å²) in [5, 5.41) is 22.8. The number of amides is 3. The summed E-state index contributed by atoms with van der Waals surface area (Å²) < 4.78 is 9.73.